The Morgan fingerprint density at radius 3 is 1.79 bits per heavy atom. The molecule has 0 aromatic rings. The Hall–Kier alpha value is -1.60. The molecule has 0 bridgehead atoms. The molecule has 0 radical (unpaired) electrons. The summed E-state index contributed by atoms with van der Waals surface area (Å²) in [5.41, 5.74) is 10.6. The number of guanidine groups is 2. The summed E-state index contributed by atoms with van der Waals surface area (Å²) in [7, 11) is 0. The number of nitrogens with two attached hydrogens (primary N) is 2. The van der Waals surface area contributed by atoms with E-state index in [-0.39, 0.29) is 21.3 Å². The Bertz CT molecular complexity index is 323. The van der Waals surface area contributed by atoms with E-state index < -0.39 is 5.66 Å². The van der Waals surface area contributed by atoms with Gasteiger partial charge in [-0.15, -0.1) is 0 Å². The van der Waals surface area contributed by atoms with Crippen molar-refractivity contribution in [1.29, 1.82) is 10.8 Å². The van der Waals surface area contributed by atoms with E-state index in [0.29, 0.717) is 5.92 Å². The second kappa shape index (κ2) is 15.0. The number of rotatable bonds is 12. The van der Waals surface area contributed by atoms with E-state index in [4.69, 9.17) is 22.3 Å². The quantitative estimate of drug-likeness (QED) is 0.140. The fourth-order valence-corrected chi connectivity index (χ4v) is 2.99. The Kier molecular flexibility index (Phi) is 17.0. The lowest BCUT2D eigenvalue weighted by atomic mass is 9.85. The molecule has 0 saturated carbocycles. The first kappa shape index (κ1) is 27.3. The van der Waals surface area contributed by atoms with Crippen molar-refractivity contribution < 1.29 is 9.41 Å². The van der Waals surface area contributed by atoms with E-state index >= 15 is 0 Å². The summed E-state index contributed by atoms with van der Waals surface area (Å²) in [5.74, 6) is 0.381. The highest BCUT2D eigenvalue weighted by Crippen LogP contribution is 2.27. The van der Waals surface area contributed by atoms with Gasteiger partial charge in [-0.1, -0.05) is 59.3 Å². The Balaban J connectivity index is -0.00000220. The smallest absolute Gasteiger partial charge is 0.187 e. The first-order chi connectivity index (χ1) is 10.4. The standard InChI is InChI=1S/C16H36N6.2FH/c1-4-7-9-11-16(21-14(17)18,22-15(19)20)12-13(6-3)10-8-5-2;;/h13H,4-12H2,1-3H3,(H4,17,18,21)(H4,19,20,22);2*1H. The average Bonchev–Trinajstić information content (AvgIpc) is 2.42. The van der Waals surface area contributed by atoms with E-state index in [9.17, 15) is 0 Å². The van der Waals surface area contributed by atoms with Crippen molar-refractivity contribution in [1.82, 2.24) is 10.6 Å². The second-order valence-electron chi connectivity index (χ2n) is 6.24. The molecule has 0 heterocycles. The van der Waals surface area contributed by atoms with E-state index in [2.05, 4.69) is 31.4 Å². The molecule has 146 valence electrons. The molecule has 1 unspecified atom stereocenters. The van der Waals surface area contributed by atoms with Crippen LogP contribution in [0.15, 0.2) is 0 Å². The third-order valence-electron chi connectivity index (χ3n) is 4.14. The lowest BCUT2D eigenvalue weighted by Gasteiger charge is -2.39. The van der Waals surface area contributed by atoms with E-state index in [0.717, 1.165) is 44.9 Å². The number of unbranched alkanes of at least 4 members (excludes halogenated alkanes) is 3. The van der Waals surface area contributed by atoms with Crippen molar-refractivity contribution in [2.75, 3.05) is 0 Å². The summed E-state index contributed by atoms with van der Waals surface area (Å²) >= 11 is 0. The largest absolute Gasteiger partial charge is 0.370 e. The Labute approximate surface area is 145 Å². The van der Waals surface area contributed by atoms with Crippen LogP contribution in [0.4, 0.5) is 9.41 Å². The molecule has 1 atom stereocenters. The van der Waals surface area contributed by atoms with Crippen molar-refractivity contribution in [2.45, 2.75) is 84.2 Å². The van der Waals surface area contributed by atoms with Gasteiger partial charge in [-0.2, -0.15) is 0 Å². The van der Waals surface area contributed by atoms with Crippen LogP contribution in [0.25, 0.3) is 0 Å². The zero-order valence-electron chi connectivity index (χ0n) is 15.4. The van der Waals surface area contributed by atoms with Crippen molar-refractivity contribution in [2.24, 2.45) is 17.4 Å². The van der Waals surface area contributed by atoms with E-state index in [1.54, 1.807) is 0 Å². The third kappa shape index (κ3) is 11.9. The van der Waals surface area contributed by atoms with Gasteiger partial charge in [-0.3, -0.25) is 20.2 Å². The fourth-order valence-electron chi connectivity index (χ4n) is 2.99. The summed E-state index contributed by atoms with van der Waals surface area (Å²) in [6.45, 7) is 6.55. The molecular formula is C16H38F2N6. The normalized spacial score (nSPS) is 13.6. The summed E-state index contributed by atoms with van der Waals surface area (Å²) < 4.78 is 0. The molecule has 0 aromatic heterocycles. The van der Waals surface area contributed by atoms with Crippen molar-refractivity contribution >= 4 is 11.9 Å². The van der Waals surface area contributed by atoms with Gasteiger partial charge in [0.1, 0.15) is 5.66 Å². The molecular weight excluding hydrogens is 314 g/mol. The highest BCUT2D eigenvalue weighted by atomic mass is 19.0. The van der Waals surface area contributed by atoms with Crippen molar-refractivity contribution in [3.63, 3.8) is 0 Å². The summed E-state index contributed by atoms with van der Waals surface area (Å²) in [4.78, 5) is 0. The third-order valence-corrected chi connectivity index (χ3v) is 4.14. The molecule has 0 spiro atoms. The number of hydrogen-bond donors (Lipinski definition) is 6. The lowest BCUT2D eigenvalue weighted by molar-refractivity contribution is 0.225. The molecule has 8 N–H and O–H groups in total. The van der Waals surface area contributed by atoms with Crippen LogP contribution in [0.5, 0.6) is 0 Å². The Morgan fingerprint density at radius 2 is 1.42 bits per heavy atom. The minimum atomic E-state index is -0.582. The van der Waals surface area contributed by atoms with E-state index in [1.165, 1.54) is 12.8 Å². The molecule has 0 aromatic carbocycles. The lowest BCUT2D eigenvalue weighted by Crippen LogP contribution is -2.63. The van der Waals surface area contributed by atoms with Gasteiger partial charge in [0.25, 0.3) is 0 Å². The number of nitrogens with one attached hydrogen (secondary N) is 4. The number of halogens is 2. The number of hydrogen-bond acceptors (Lipinski definition) is 2. The monoisotopic (exact) mass is 352 g/mol. The summed E-state index contributed by atoms with van der Waals surface area (Å²) in [6.07, 6.45) is 9.51. The zero-order valence-corrected chi connectivity index (χ0v) is 15.4. The van der Waals surface area contributed by atoms with Crippen LogP contribution in [-0.2, 0) is 0 Å². The molecule has 8 heteroatoms. The molecule has 24 heavy (non-hydrogen) atoms. The maximum atomic E-state index is 7.63. The molecule has 0 rings (SSSR count). The molecule has 6 nitrogen and oxygen atoms in total. The molecule has 0 fully saturated rings. The Morgan fingerprint density at radius 1 is 0.917 bits per heavy atom. The first-order valence-corrected chi connectivity index (χ1v) is 8.63. The zero-order chi connectivity index (χ0) is 17.0. The fraction of sp³-hybridized carbons (Fsp3) is 0.875. The van der Waals surface area contributed by atoms with Crippen LogP contribution in [-0.4, -0.2) is 17.6 Å². The van der Waals surface area contributed by atoms with Gasteiger partial charge in [0.15, 0.2) is 11.9 Å². The van der Waals surface area contributed by atoms with Crippen LogP contribution in [0.3, 0.4) is 0 Å². The van der Waals surface area contributed by atoms with Crippen LogP contribution >= 0.6 is 0 Å². The van der Waals surface area contributed by atoms with E-state index in [1.807, 2.05) is 0 Å². The highest BCUT2D eigenvalue weighted by molar-refractivity contribution is 5.78. The SMILES string of the molecule is CCCCCC(CC(CC)CCCC)(NC(=N)N)NC(=N)N.F.F. The van der Waals surface area contributed by atoms with Gasteiger partial charge in [-0.05, 0) is 25.2 Å². The predicted octanol–water partition coefficient (Wildman–Crippen LogP) is 3.14. The van der Waals surface area contributed by atoms with Crippen LogP contribution < -0.4 is 22.1 Å². The maximum absolute atomic E-state index is 7.63. The van der Waals surface area contributed by atoms with Crippen LogP contribution in [0.1, 0.15) is 78.6 Å². The van der Waals surface area contributed by atoms with Gasteiger partial charge in [0, 0.05) is 0 Å². The minimum absolute atomic E-state index is 0. The van der Waals surface area contributed by atoms with Crippen molar-refractivity contribution in [3.8, 4) is 0 Å². The molecule has 0 aliphatic heterocycles. The summed E-state index contributed by atoms with van der Waals surface area (Å²) in [6, 6.07) is 0. The van der Waals surface area contributed by atoms with Gasteiger partial charge < -0.3 is 22.1 Å². The maximum Gasteiger partial charge on any atom is 0.187 e. The molecule has 0 amide bonds. The predicted molar refractivity (Wildman–Crippen MR) is 99.9 cm³/mol. The molecule has 0 aliphatic carbocycles. The van der Waals surface area contributed by atoms with Gasteiger partial charge in [-0.25, -0.2) is 0 Å². The second-order valence-corrected chi connectivity index (χ2v) is 6.24. The first-order valence-electron chi connectivity index (χ1n) is 8.63. The minimum Gasteiger partial charge on any atom is -0.370 e. The van der Waals surface area contributed by atoms with Gasteiger partial charge >= 0.3 is 0 Å². The molecule has 0 aliphatic rings. The van der Waals surface area contributed by atoms with Gasteiger partial charge in [0.2, 0.25) is 0 Å². The van der Waals surface area contributed by atoms with Crippen molar-refractivity contribution in [3.05, 3.63) is 0 Å². The summed E-state index contributed by atoms with van der Waals surface area (Å²) in [5, 5.41) is 21.4. The van der Waals surface area contributed by atoms with Crippen LogP contribution in [0.2, 0.25) is 0 Å². The van der Waals surface area contributed by atoms with Gasteiger partial charge in [0.05, 0.1) is 0 Å². The topological polar surface area (TPSA) is 124 Å². The average molecular weight is 353 g/mol. The molecule has 0 saturated heterocycles. The van der Waals surface area contributed by atoms with Crippen LogP contribution in [0, 0.1) is 16.7 Å². The highest BCUT2D eigenvalue weighted by Gasteiger charge is 2.32.